The van der Waals surface area contributed by atoms with E-state index in [1.807, 2.05) is 13.1 Å². The molecule has 0 aliphatic rings. The predicted molar refractivity (Wildman–Crippen MR) is 70.3 cm³/mol. The lowest BCUT2D eigenvalue weighted by Crippen LogP contribution is -2.08. The van der Waals surface area contributed by atoms with E-state index in [-0.39, 0.29) is 11.9 Å². The molecule has 19 heavy (non-hydrogen) atoms. The highest BCUT2D eigenvalue weighted by Gasteiger charge is 2.08. The SMILES string of the molecule is COCCn1cc(NC(C)c2ccc(F)cn2)cn1. The lowest BCUT2D eigenvalue weighted by molar-refractivity contribution is 0.183. The van der Waals surface area contributed by atoms with Crippen LogP contribution in [0.2, 0.25) is 0 Å². The van der Waals surface area contributed by atoms with Crippen LogP contribution >= 0.6 is 0 Å². The molecular formula is C13H17FN4O. The molecule has 1 unspecified atom stereocenters. The molecule has 0 aromatic carbocycles. The van der Waals surface area contributed by atoms with Gasteiger partial charge in [0.1, 0.15) is 5.82 Å². The summed E-state index contributed by atoms with van der Waals surface area (Å²) >= 11 is 0. The Morgan fingerprint density at radius 1 is 1.42 bits per heavy atom. The fourth-order valence-corrected chi connectivity index (χ4v) is 1.71. The summed E-state index contributed by atoms with van der Waals surface area (Å²) < 4.78 is 19.6. The first-order valence-corrected chi connectivity index (χ1v) is 6.08. The molecule has 6 heteroatoms. The van der Waals surface area contributed by atoms with Gasteiger partial charge >= 0.3 is 0 Å². The second-order valence-electron chi connectivity index (χ2n) is 4.25. The van der Waals surface area contributed by atoms with Crippen LogP contribution in [0.3, 0.4) is 0 Å². The molecule has 2 aromatic rings. The summed E-state index contributed by atoms with van der Waals surface area (Å²) in [6, 6.07) is 3.06. The highest BCUT2D eigenvalue weighted by molar-refractivity contribution is 5.40. The van der Waals surface area contributed by atoms with E-state index < -0.39 is 0 Å². The van der Waals surface area contributed by atoms with Gasteiger partial charge in [-0.05, 0) is 19.1 Å². The van der Waals surface area contributed by atoms with Crippen molar-refractivity contribution < 1.29 is 9.13 Å². The van der Waals surface area contributed by atoms with Gasteiger partial charge in [0.2, 0.25) is 0 Å². The van der Waals surface area contributed by atoms with Crippen LogP contribution in [-0.4, -0.2) is 28.5 Å². The van der Waals surface area contributed by atoms with Gasteiger partial charge in [-0.3, -0.25) is 9.67 Å². The highest BCUT2D eigenvalue weighted by atomic mass is 19.1. The Bertz CT molecular complexity index is 512. The minimum atomic E-state index is -0.330. The van der Waals surface area contributed by atoms with Gasteiger partial charge < -0.3 is 10.1 Å². The van der Waals surface area contributed by atoms with Crippen LogP contribution in [0.25, 0.3) is 0 Å². The van der Waals surface area contributed by atoms with Gasteiger partial charge in [-0.25, -0.2) is 4.39 Å². The Kier molecular flexibility index (Phi) is 4.46. The molecule has 1 atom stereocenters. The zero-order chi connectivity index (χ0) is 13.7. The number of nitrogens with one attached hydrogen (secondary N) is 1. The molecule has 2 aromatic heterocycles. The lowest BCUT2D eigenvalue weighted by atomic mass is 10.2. The lowest BCUT2D eigenvalue weighted by Gasteiger charge is -2.12. The molecule has 0 saturated carbocycles. The quantitative estimate of drug-likeness (QED) is 0.869. The second kappa shape index (κ2) is 6.29. The van der Waals surface area contributed by atoms with Gasteiger partial charge in [-0.1, -0.05) is 0 Å². The summed E-state index contributed by atoms with van der Waals surface area (Å²) in [5.74, 6) is -0.330. The number of nitrogens with zero attached hydrogens (tertiary/aromatic N) is 3. The fourth-order valence-electron chi connectivity index (χ4n) is 1.71. The van der Waals surface area contributed by atoms with Crippen molar-refractivity contribution in [1.29, 1.82) is 0 Å². The maximum Gasteiger partial charge on any atom is 0.141 e. The van der Waals surface area contributed by atoms with Crippen molar-refractivity contribution in [2.45, 2.75) is 19.5 Å². The molecule has 5 nitrogen and oxygen atoms in total. The van der Waals surface area contributed by atoms with Gasteiger partial charge in [0.25, 0.3) is 0 Å². The number of aromatic nitrogens is 3. The molecule has 0 saturated heterocycles. The molecule has 0 aliphatic heterocycles. The molecule has 0 amide bonds. The van der Waals surface area contributed by atoms with Gasteiger partial charge in [0.05, 0.1) is 43.0 Å². The van der Waals surface area contributed by atoms with Crippen LogP contribution in [-0.2, 0) is 11.3 Å². The van der Waals surface area contributed by atoms with E-state index >= 15 is 0 Å². The molecule has 1 N–H and O–H groups in total. The molecule has 0 radical (unpaired) electrons. The molecule has 2 rings (SSSR count). The van der Waals surface area contributed by atoms with Crippen molar-refractivity contribution in [2.75, 3.05) is 19.0 Å². The molecule has 0 bridgehead atoms. The van der Waals surface area contributed by atoms with Crippen molar-refractivity contribution >= 4 is 5.69 Å². The molecule has 102 valence electrons. The predicted octanol–water partition coefficient (Wildman–Crippen LogP) is 2.24. The first-order valence-electron chi connectivity index (χ1n) is 6.08. The number of ether oxygens (including phenoxy) is 1. The van der Waals surface area contributed by atoms with Crippen molar-refractivity contribution in [2.24, 2.45) is 0 Å². The minimum Gasteiger partial charge on any atom is -0.383 e. The average molecular weight is 264 g/mol. The molecule has 0 fully saturated rings. The zero-order valence-corrected chi connectivity index (χ0v) is 11.0. The van der Waals surface area contributed by atoms with E-state index in [9.17, 15) is 4.39 Å². The Labute approximate surface area is 111 Å². The Hall–Kier alpha value is -1.95. The maximum absolute atomic E-state index is 12.8. The Morgan fingerprint density at radius 2 is 2.26 bits per heavy atom. The average Bonchev–Trinajstić information content (AvgIpc) is 2.84. The smallest absolute Gasteiger partial charge is 0.141 e. The molecule has 0 aliphatic carbocycles. The van der Waals surface area contributed by atoms with Crippen LogP contribution in [0, 0.1) is 5.82 Å². The second-order valence-corrected chi connectivity index (χ2v) is 4.25. The molecular weight excluding hydrogens is 247 g/mol. The number of hydrogen-bond acceptors (Lipinski definition) is 4. The van der Waals surface area contributed by atoms with Crippen molar-refractivity contribution in [3.63, 3.8) is 0 Å². The number of methoxy groups -OCH3 is 1. The highest BCUT2D eigenvalue weighted by Crippen LogP contribution is 2.16. The first-order chi connectivity index (χ1) is 9.19. The summed E-state index contributed by atoms with van der Waals surface area (Å²) in [4.78, 5) is 4.05. The molecule has 0 spiro atoms. The number of halogens is 1. The van der Waals surface area contributed by atoms with Crippen molar-refractivity contribution in [3.8, 4) is 0 Å². The third kappa shape index (κ3) is 3.75. The summed E-state index contributed by atoms with van der Waals surface area (Å²) in [5.41, 5.74) is 1.68. The van der Waals surface area contributed by atoms with Crippen LogP contribution in [0.4, 0.5) is 10.1 Å². The summed E-state index contributed by atoms with van der Waals surface area (Å²) in [6.07, 6.45) is 4.87. The van der Waals surface area contributed by atoms with Crippen LogP contribution in [0.15, 0.2) is 30.7 Å². The topological polar surface area (TPSA) is 52.0 Å². The normalized spacial score (nSPS) is 12.4. The number of rotatable bonds is 6. The van der Waals surface area contributed by atoms with Crippen LogP contribution in [0.1, 0.15) is 18.7 Å². The number of hydrogen-bond donors (Lipinski definition) is 1. The zero-order valence-electron chi connectivity index (χ0n) is 11.0. The third-order valence-corrected chi connectivity index (χ3v) is 2.73. The Balaban J connectivity index is 1.96. The van der Waals surface area contributed by atoms with E-state index in [0.717, 1.165) is 11.4 Å². The largest absolute Gasteiger partial charge is 0.383 e. The van der Waals surface area contributed by atoms with E-state index in [4.69, 9.17) is 4.74 Å². The first kappa shape index (κ1) is 13.5. The Morgan fingerprint density at radius 3 is 2.95 bits per heavy atom. The fraction of sp³-hybridized carbons (Fsp3) is 0.385. The van der Waals surface area contributed by atoms with Crippen LogP contribution < -0.4 is 5.32 Å². The standard InChI is InChI=1S/C13H17FN4O/c1-10(13-4-3-11(14)7-15-13)17-12-8-16-18(9-12)5-6-19-2/h3-4,7-10,17H,5-6H2,1-2H3. The van der Waals surface area contributed by atoms with Gasteiger partial charge in [-0.15, -0.1) is 0 Å². The summed E-state index contributed by atoms with van der Waals surface area (Å²) in [7, 11) is 1.66. The van der Waals surface area contributed by atoms with E-state index in [1.165, 1.54) is 12.3 Å². The number of anilines is 1. The van der Waals surface area contributed by atoms with Crippen molar-refractivity contribution in [3.05, 3.63) is 42.2 Å². The van der Waals surface area contributed by atoms with Crippen LogP contribution in [0.5, 0.6) is 0 Å². The summed E-state index contributed by atoms with van der Waals surface area (Å²) in [6.45, 7) is 3.30. The van der Waals surface area contributed by atoms with E-state index in [2.05, 4.69) is 15.4 Å². The van der Waals surface area contributed by atoms with Gasteiger partial charge in [0, 0.05) is 13.3 Å². The monoisotopic (exact) mass is 264 g/mol. The molecule has 2 heterocycles. The van der Waals surface area contributed by atoms with E-state index in [0.29, 0.717) is 13.2 Å². The third-order valence-electron chi connectivity index (χ3n) is 2.73. The van der Waals surface area contributed by atoms with Crippen molar-refractivity contribution in [1.82, 2.24) is 14.8 Å². The number of pyridine rings is 1. The van der Waals surface area contributed by atoms with Gasteiger partial charge in [0.15, 0.2) is 0 Å². The summed E-state index contributed by atoms with van der Waals surface area (Å²) in [5, 5.41) is 7.47. The van der Waals surface area contributed by atoms with E-state index in [1.54, 1.807) is 24.1 Å². The maximum atomic E-state index is 12.8. The van der Waals surface area contributed by atoms with Gasteiger partial charge in [-0.2, -0.15) is 5.10 Å². The minimum absolute atomic E-state index is 0.0133.